The molecule has 1 aromatic rings. The van der Waals surface area contributed by atoms with E-state index in [4.69, 9.17) is 0 Å². The summed E-state index contributed by atoms with van der Waals surface area (Å²) < 4.78 is 33.1. The van der Waals surface area contributed by atoms with E-state index in [2.05, 4.69) is 0 Å². The molecule has 12 heteroatoms. The van der Waals surface area contributed by atoms with Crippen molar-refractivity contribution < 1.29 is 42.0 Å². The molecule has 0 bridgehead atoms. The summed E-state index contributed by atoms with van der Waals surface area (Å²) in [6.07, 6.45) is 1.04. The molecule has 1 fully saturated rings. The number of nitrogens with zero attached hydrogens (tertiary/aromatic N) is 2. The SMILES string of the molecule is O=C(O)c1ccc(S(=O)(=O)O)c(N2C(=O)C=CC2=O)c1N1C(=O)CCC1=O. The van der Waals surface area contributed by atoms with E-state index in [9.17, 15) is 42.0 Å². The predicted octanol–water partition coefficient (Wildman–Crippen LogP) is -0.286. The third kappa shape index (κ3) is 2.90. The lowest BCUT2D eigenvalue weighted by molar-refractivity contribution is -0.122. The molecule has 140 valence electrons. The van der Waals surface area contributed by atoms with Crippen molar-refractivity contribution in [1.29, 1.82) is 0 Å². The minimum Gasteiger partial charge on any atom is -0.478 e. The lowest BCUT2D eigenvalue weighted by Gasteiger charge is -2.26. The highest BCUT2D eigenvalue weighted by atomic mass is 32.2. The van der Waals surface area contributed by atoms with Gasteiger partial charge in [0.05, 0.1) is 16.9 Å². The van der Waals surface area contributed by atoms with Crippen molar-refractivity contribution in [3.05, 3.63) is 29.8 Å². The van der Waals surface area contributed by atoms with Gasteiger partial charge < -0.3 is 5.11 Å². The first-order valence-electron chi connectivity index (χ1n) is 7.33. The third-order valence-corrected chi connectivity index (χ3v) is 4.82. The van der Waals surface area contributed by atoms with Crippen LogP contribution in [0.2, 0.25) is 0 Å². The highest BCUT2D eigenvalue weighted by Crippen LogP contribution is 2.42. The van der Waals surface area contributed by atoms with E-state index in [1.807, 2.05) is 0 Å². The Morgan fingerprint density at radius 2 is 1.41 bits per heavy atom. The van der Waals surface area contributed by atoms with E-state index >= 15 is 0 Å². The molecule has 2 N–H and O–H groups in total. The van der Waals surface area contributed by atoms with Crippen molar-refractivity contribution >= 4 is 51.1 Å². The summed E-state index contributed by atoms with van der Waals surface area (Å²) in [5.74, 6) is -5.40. The van der Waals surface area contributed by atoms with Crippen LogP contribution in [-0.2, 0) is 29.3 Å². The van der Waals surface area contributed by atoms with Crippen molar-refractivity contribution in [2.75, 3.05) is 9.80 Å². The van der Waals surface area contributed by atoms with Gasteiger partial charge in [-0.1, -0.05) is 0 Å². The fourth-order valence-corrected chi connectivity index (χ4v) is 3.50. The number of aromatic carboxylic acids is 1. The number of amides is 4. The topological polar surface area (TPSA) is 166 Å². The van der Waals surface area contributed by atoms with Crippen molar-refractivity contribution in [2.45, 2.75) is 17.7 Å². The Bertz CT molecular complexity index is 1040. The van der Waals surface area contributed by atoms with E-state index in [-0.39, 0.29) is 17.7 Å². The highest BCUT2D eigenvalue weighted by Gasteiger charge is 2.41. The number of benzene rings is 1. The Kier molecular flexibility index (Phi) is 4.16. The molecule has 3 rings (SSSR count). The second-order valence-electron chi connectivity index (χ2n) is 5.56. The van der Waals surface area contributed by atoms with Crippen LogP contribution in [0.5, 0.6) is 0 Å². The average molecular weight is 394 g/mol. The number of carboxylic acids is 1. The summed E-state index contributed by atoms with van der Waals surface area (Å²) in [6, 6.07) is 1.42. The Morgan fingerprint density at radius 1 is 0.889 bits per heavy atom. The molecular weight excluding hydrogens is 384 g/mol. The molecule has 2 aliphatic heterocycles. The number of carbonyl (C=O) groups excluding carboxylic acids is 4. The van der Waals surface area contributed by atoms with Crippen molar-refractivity contribution in [3.63, 3.8) is 0 Å². The molecule has 11 nitrogen and oxygen atoms in total. The maximum absolute atomic E-state index is 12.1. The molecule has 2 heterocycles. The van der Waals surface area contributed by atoms with Gasteiger partial charge in [-0.25, -0.2) is 14.6 Å². The van der Waals surface area contributed by atoms with Crippen LogP contribution in [0.3, 0.4) is 0 Å². The fourth-order valence-electron chi connectivity index (χ4n) is 2.83. The molecule has 0 aliphatic carbocycles. The molecule has 0 aromatic heterocycles. The van der Waals surface area contributed by atoms with Gasteiger partial charge in [-0.05, 0) is 12.1 Å². The van der Waals surface area contributed by atoms with Crippen molar-refractivity contribution in [3.8, 4) is 0 Å². The van der Waals surface area contributed by atoms with Crippen molar-refractivity contribution in [1.82, 2.24) is 0 Å². The molecule has 27 heavy (non-hydrogen) atoms. The van der Waals surface area contributed by atoms with Gasteiger partial charge in [0.1, 0.15) is 4.90 Å². The maximum atomic E-state index is 12.1. The summed E-state index contributed by atoms with van der Waals surface area (Å²) in [5, 5.41) is 9.43. The largest absolute Gasteiger partial charge is 0.478 e. The number of imide groups is 2. The molecule has 0 spiro atoms. The van der Waals surface area contributed by atoms with E-state index in [0.29, 0.717) is 11.0 Å². The second kappa shape index (κ2) is 6.10. The zero-order valence-corrected chi connectivity index (χ0v) is 14.1. The monoisotopic (exact) mass is 394 g/mol. The highest BCUT2D eigenvalue weighted by molar-refractivity contribution is 7.86. The average Bonchev–Trinajstić information content (AvgIpc) is 3.07. The van der Waals surface area contributed by atoms with Gasteiger partial charge in [0.2, 0.25) is 11.8 Å². The van der Waals surface area contributed by atoms with Gasteiger partial charge in [0.25, 0.3) is 21.9 Å². The van der Waals surface area contributed by atoms with Gasteiger partial charge in [-0.3, -0.25) is 23.7 Å². The third-order valence-electron chi connectivity index (χ3n) is 3.93. The zero-order chi connectivity index (χ0) is 20.1. The number of hydrogen-bond donors (Lipinski definition) is 2. The number of hydrogen-bond acceptors (Lipinski definition) is 7. The van der Waals surface area contributed by atoms with E-state index in [1.54, 1.807) is 0 Å². The molecule has 0 unspecified atom stereocenters. The summed E-state index contributed by atoms with van der Waals surface area (Å²) in [6.45, 7) is 0. The summed E-state index contributed by atoms with van der Waals surface area (Å²) in [5.41, 5.74) is -2.34. The Labute approximate surface area is 151 Å². The summed E-state index contributed by atoms with van der Waals surface area (Å²) >= 11 is 0. The molecule has 1 saturated heterocycles. The van der Waals surface area contributed by atoms with Gasteiger partial charge in [-0.15, -0.1) is 0 Å². The second-order valence-corrected chi connectivity index (χ2v) is 6.95. The van der Waals surface area contributed by atoms with Crippen LogP contribution in [0.1, 0.15) is 23.2 Å². The minimum absolute atomic E-state index is 0.270. The number of anilines is 2. The lowest BCUT2D eigenvalue weighted by atomic mass is 10.1. The molecule has 0 atom stereocenters. The summed E-state index contributed by atoms with van der Waals surface area (Å²) in [4.78, 5) is 59.8. The van der Waals surface area contributed by atoms with E-state index < -0.39 is 61.5 Å². The quantitative estimate of drug-likeness (QED) is 0.515. The number of carboxylic acid groups (broad SMARTS) is 1. The summed E-state index contributed by atoms with van der Waals surface area (Å²) in [7, 11) is -5.06. The molecule has 0 saturated carbocycles. The fraction of sp³-hybridized carbons (Fsp3) is 0.133. The standard InChI is InChI=1S/C15H10N2O9S/c18-9-3-4-10(19)16(9)13-7(15(22)23)1-2-8(27(24,25)26)14(13)17-11(20)5-6-12(17)21/h1-2,5-6H,3-4H2,(H,22,23)(H,24,25,26). The van der Waals surface area contributed by atoms with Crippen LogP contribution in [-0.4, -0.2) is 47.7 Å². The minimum atomic E-state index is -5.06. The van der Waals surface area contributed by atoms with Crippen molar-refractivity contribution in [2.24, 2.45) is 0 Å². The van der Waals surface area contributed by atoms with E-state index in [0.717, 1.165) is 18.2 Å². The van der Waals surface area contributed by atoms with Crippen LogP contribution in [0, 0.1) is 0 Å². The first kappa shape index (κ1) is 18.4. The zero-order valence-electron chi connectivity index (χ0n) is 13.3. The van der Waals surface area contributed by atoms with Gasteiger partial charge in [0.15, 0.2) is 0 Å². The predicted molar refractivity (Wildman–Crippen MR) is 86.6 cm³/mol. The number of rotatable bonds is 4. The molecule has 1 aromatic carbocycles. The normalized spacial score (nSPS) is 17.4. The van der Waals surface area contributed by atoms with Crippen LogP contribution in [0.25, 0.3) is 0 Å². The Hall–Kier alpha value is -3.38. The van der Waals surface area contributed by atoms with E-state index in [1.165, 1.54) is 0 Å². The Morgan fingerprint density at radius 3 is 1.85 bits per heavy atom. The van der Waals surface area contributed by atoms with Crippen LogP contribution in [0.4, 0.5) is 11.4 Å². The van der Waals surface area contributed by atoms with Gasteiger partial charge in [0, 0.05) is 25.0 Å². The Balaban J connectivity index is 2.46. The van der Waals surface area contributed by atoms with Gasteiger partial charge in [-0.2, -0.15) is 8.42 Å². The lowest BCUT2D eigenvalue weighted by Crippen LogP contribution is -2.37. The smallest absolute Gasteiger partial charge is 0.337 e. The molecule has 0 radical (unpaired) electrons. The molecule has 2 aliphatic rings. The molecule has 4 amide bonds. The maximum Gasteiger partial charge on any atom is 0.337 e. The van der Waals surface area contributed by atoms with Gasteiger partial charge >= 0.3 is 5.97 Å². The van der Waals surface area contributed by atoms with Crippen LogP contribution in [0.15, 0.2) is 29.2 Å². The first-order valence-corrected chi connectivity index (χ1v) is 8.77. The van der Waals surface area contributed by atoms with Crippen LogP contribution < -0.4 is 9.80 Å². The first-order chi connectivity index (χ1) is 12.5. The van der Waals surface area contributed by atoms with Crippen LogP contribution >= 0.6 is 0 Å². The molecular formula is C15H10N2O9S. The number of carbonyl (C=O) groups is 5.